The minimum atomic E-state index is -0.0109. The summed E-state index contributed by atoms with van der Waals surface area (Å²) in [6.45, 7) is 5.38. The second-order valence-corrected chi connectivity index (χ2v) is 6.11. The predicted molar refractivity (Wildman–Crippen MR) is 89.9 cm³/mol. The molecule has 22 heavy (non-hydrogen) atoms. The van der Waals surface area contributed by atoms with Crippen molar-refractivity contribution < 1.29 is 14.6 Å². The zero-order valence-electron chi connectivity index (χ0n) is 13.3. The molecule has 2 aromatic rings. The van der Waals surface area contributed by atoms with E-state index in [1.165, 1.54) is 10.4 Å². The van der Waals surface area contributed by atoms with E-state index in [1.54, 1.807) is 18.4 Å². The molecule has 0 bridgehead atoms. The Hall–Kier alpha value is -1.56. The number of methoxy groups -OCH3 is 1. The molecule has 0 amide bonds. The first-order valence-electron chi connectivity index (χ1n) is 7.33. The minimum Gasteiger partial charge on any atom is -0.493 e. The van der Waals surface area contributed by atoms with E-state index in [0.29, 0.717) is 11.5 Å². The van der Waals surface area contributed by atoms with E-state index >= 15 is 0 Å². The fourth-order valence-electron chi connectivity index (χ4n) is 2.18. The molecule has 0 radical (unpaired) electrons. The fraction of sp³-hybridized carbons (Fsp3) is 0.412. The van der Waals surface area contributed by atoms with Crippen LogP contribution in [0.4, 0.5) is 0 Å². The van der Waals surface area contributed by atoms with Crippen molar-refractivity contribution in [1.29, 1.82) is 0 Å². The topological polar surface area (TPSA) is 50.7 Å². The molecule has 1 aromatic carbocycles. The molecule has 0 spiro atoms. The van der Waals surface area contributed by atoms with Gasteiger partial charge in [0.05, 0.1) is 13.7 Å². The molecule has 0 fully saturated rings. The van der Waals surface area contributed by atoms with Gasteiger partial charge >= 0.3 is 0 Å². The van der Waals surface area contributed by atoms with E-state index in [1.807, 2.05) is 18.2 Å². The lowest BCUT2D eigenvalue weighted by molar-refractivity contribution is 0.196. The molecule has 0 aliphatic rings. The van der Waals surface area contributed by atoms with Crippen molar-refractivity contribution in [2.45, 2.75) is 26.4 Å². The summed E-state index contributed by atoms with van der Waals surface area (Å²) in [5.41, 5.74) is 2.47. The number of thiophene rings is 1. The van der Waals surface area contributed by atoms with E-state index in [9.17, 15) is 0 Å². The molecule has 5 heteroatoms. The summed E-state index contributed by atoms with van der Waals surface area (Å²) in [5, 5.41) is 14.5. The maximum absolute atomic E-state index is 8.84. The molecule has 1 unspecified atom stereocenters. The van der Waals surface area contributed by atoms with Crippen molar-refractivity contribution in [3.8, 4) is 11.5 Å². The van der Waals surface area contributed by atoms with Crippen LogP contribution >= 0.6 is 11.3 Å². The van der Waals surface area contributed by atoms with Crippen LogP contribution in [0.2, 0.25) is 0 Å². The van der Waals surface area contributed by atoms with Crippen LogP contribution in [0.1, 0.15) is 29.0 Å². The number of nitrogens with one attached hydrogen (secondary N) is 1. The Labute approximate surface area is 135 Å². The Morgan fingerprint density at radius 2 is 2.09 bits per heavy atom. The van der Waals surface area contributed by atoms with Gasteiger partial charge in [0.1, 0.15) is 6.61 Å². The van der Waals surface area contributed by atoms with Crippen molar-refractivity contribution in [1.82, 2.24) is 5.32 Å². The smallest absolute Gasteiger partial charge is 0.161 e. The molecule has 0 saturated carbocycles. The average molecular weight is 321 g/mol. The van der Waals surface area contributed by atoms with Crippen LogP contribution in [0, 0.1) is 6.92 Å². The maximum atomic E-state index is 8.84. The van der Waals surface area contributed by atoms with Gasteiger partial charge in [-0.25, -0.2) is 0 Å². The molecule has 0 saturated heterocycles. The standard InChI is InChI=1S/C17H23NO3S/c1-12-6-9-22-17(12)11-18-13(2)14-4-5-15(21-8-7-19)16(10-14)20-3/h4-6,9-10,13,18-19H,7-8,11H2,1-3H3. The number of aliphatic hydroxyl groups is 1. The van der Waals surface area contributed by atoms with Crippen LogP contribution in [0.25, 0.3) is 0 Å². The van der Waals surface area contributed by atoms with Gasteiger partial charge in [0.25, 0.3) is 0 Å². The van der Waals surface area contributed by atoms with Gasteiger partial charge in [0.2, 0.25) is 0 Å². The lowest BCUT2D eigenvalue weighted by Crippen LogP contribution is -2.18. The van der Waals surface area contributed by atoms with Crippen LogP contribution in [0.15, 0.2) is 29.6 Å². The highest BCUT2D eigenvalue weighted by atomic mass is 32.1. The lowest BCUT2D eigenvalue weighted by atomic mass is 10.1. The Balaban J connectivity index is 2.02. The van der Waals surface area contributed by atoms with Crippen molar-refractivity contribution >= 4 is 11.3 Å². The van der Waals surface area contributed by atoms with Crippen molar-refractivity contribution in [3.05, 3.63) is 45.6 Å². The highest BCUT2D eigenvalue weighted by molar-refractivity contribution is 7.10. The summed E-state index contributed by atoms with van der Waals surface area (Å²) >= 11 is 1.78. The first-order chi connectivity index (χ1) is 10.7. The molecule has 0 aliphatic heterocycles. The van der Waals surface area contributed by atoms with Gasteiger partial charge in [-0.2, -0.15) is 0 Å². The van der Waals surface area contributed by atoms with E-state index < -0.39 is 0 Å². The molecule has 2 rings (SSSR count). The van der Waals surface area contributed by atoms with Crippen LogP contribution < -0.4 is 14.8 Å². The summed E-state index contributed by atoms with van der Waals surface area (Å²) in [5.74, 6) is 1.34. The summed E-state index contributed by atoms with van der Waals surface area (Å²) in [6.07, 6.45) is 0. The summed E-state index contributed by atoms with van der Waals surface area (Å²) in [7, 11) is 1.62. The molecular weight excluding hydrogens is 298 g/mol. The molecule has 120 valence electrons. The quantitative estimate of drug-likeness (QED) is 0.783. The number of aliphatic hydroxyl groups excluding tert-OH is 1. The van der Waals surface area contributed by atoms with E-state index in [4.69, 9.17) is 14.6 Å². The lowest BCUT2D eigenvalue weighted by Gasteiger charge is -2.17. The third-order valence-corrected chi connectivity index (χ3v) is 4.60. The highest BCUT2D eigenvalue weighted by Gasteiger charge is 2.11. The summed E-state index contributed by atoms with van der Waals surface area (Å²) < 4.78 is 10.8. The number of rotatable bonds is 8. The van der Waals surface area contributed by atoms with Crippen molar-refractivity contribution in [2.75, 3.05) is 20.3 Å². The summed E-state index contributed by atoms with van der Waals surface area (Å²) in [6, 6.07) is 8.24. The molecule has 1 heterocycles. The number of hydrogen-bond acceptors (Lipinski definition) is 5. The number of hydrogen-bond donors (Lipinski definition) is 2. The average Bonchev–Trinajstić information content (AvgIpc) is 2.95. The Bertz CT molecular complexity index is 597. The van der Waals surface area contributed by atoms with Crippen LogP contribution in [-0.4, -0.2) is 25.4 Å². The van der Waals surface area contributed by atoms with Gasteiger partial charge < -0.3 is 19.9 Å². The predicted octanol–water partition coefficient (Wildman–Crippen LogP) is 3.29. The van der Waals surface area contributed by atoms with Gasteiger partial charge in [-0.15, -0.1) is 11.3 Å². The fourth-order valence-corrected chi connectivity index (χ4v) is 3.03. The van der Waals surface area contributed by atoms with Gasteiger partial charge in [-0.1, -0.05) is 6.07 Å². The normalized spacial score (nSPS) is 12.2. The SMILES string of the molecule is COc1cc(C(C)NCc2sccc2C)ccc1OCCO. The van der Waals surface area contributed by atoms with Crippen molar-refractivity contribution in [3.63, 3.8) is 0 Å². The molecule has 0 aliphatic carbocycles. The van der Waals surface area contributed by atoms with E-state index in [-0.39, 0.29) is 19.3 Å². The third kappa shape index (κ3) is 4.22. The molecule has 1 aromatic heterocycles. The van der Waals surface area contributed by atoms with Crippen molar-refractivity contribution in [2.24, 2.45) is 0 Å². The molecular formula is C17H23NO3S. The van der Waals surface area contributed by atoms with Gasteiger partial charge in [0.15, 0.2) is 11.5 Å². The van der Waals surface area contributed by atoms with Gasteiger partial charge in [-0.3, -0.25) is 0 Å². The highest BCUT2D eigenvalue weighted by Crippen LogP contribution is 2.30. The first kappa shape index (κ1) is 16.8. The molecule has 1 atom stereocenters. The minimum absolute atomic E-state index is 0.0109. The second kappa shape index (κ2) is 8.17. The van der Waals surface area contributed by atoms with Crippen LogP contribution in [0.5, 0.6) is 11.5 Å². The number of aryl methyl sites for hydroxylation is 1. The molecule has 2 N–H and O–H groups in total. The zero-order valence-corrected chi connectivity index (χ0v) is 14.1. The van der Waals surface area contributed by atoms with Crippen LogP contribution in [-0.2, 0) is 6.54 Å². The van der Waals surface area contributed by atoms with E-state index in [0.717, 1.165) is 12.1 Å². The number of ether oxygens (including phenoxy) is 2. The Kier molecular flexibility index (Phi) is 6.24. The number of benzene rings is 1. The monoisotopic (exact) mass is 321 g/mol. The first-order valence-corrected chi connectivity index (χ1v) is 8.21. The third-order valence-electron chi connectivity index (χ3n) is 3.57. The van der Waals surface area contributed by atoms with Crippen LogP contribution in [0.3, 0.4) is 0 Å². The van der Waals surface area contributed by atoms with E-state index in [2.05, 4.69) is 30.6 Å². The zero-order chi connectivity index (χ0) is 15.9. The molecule has 4 nitrogen and oxygen atoms in total. The summed E-state index contributed by atoms with van der Waals surface area (Å²) in [4.78, 5) is 1.36. The van der Waals surface area contributed by atoms with Gasteiger partial charge in [0, 0.05) is 17.5 Å². The second-order valence-electron chi connectivity index (χ2n) is 5.11. The van der Waals surface area contributed by atoms with Gasteiger partial charge in [-0.05, 0) is 48.6 Å². The maximum Gasteiger partial charge on any atom is 0.161 e. The Morgan fingerprint density at radius 1 is 1.27 bits per heavy atom. The largest absolute Gasteiger partial charge is 0.493 e. The Morgan fingerprint density at radius 3 is 2.73 bits per heavy atom.